The average Bonchev–Trinajstić information content (AvgIpc) is 2.61. The van der Waals surface area contributed by atoms with Crippen LogP contribution in [0.15, 0.2) is 24.3 Å². The van der Waals surface area contributed by atoms with Gasteiger partial charge in [0.15, 0.2) is 0 Å². The summed E-state index contributed by atoms with van der Waals surface area (Å²) in [6.45, 7) is 2.14. The average molecular weight is 332 g/mol. The molecule has 0 unspecified atom stereocenters. The van der Waals surface area contributed by atoms with Crippen LogP contribution in [0.2, 0.25) is 0 Å². The molecule has 0 saturated heterocycles. The Morgan fingerprint density at radius 1 is 1.17 bits per heavy atom. The van der Waals surface area contributed by atoms with Crippen LogP contribution in [0, 0.1) is 5.92 Å². The number of anilines is 1. The highest BCUT2D eigenvalue weighted by atomic mass is 16.5. The van der Waals surface area contributed by atoms with Crippen molar-refractivity contribution < 1.29 is 19.1 Å². The number of nitrogens with one attached hydrogen (secondary N) is 2. The fourth-order valence-corrected chi connectivity index (χ4v) is 3.10. The molecule has 0 aromatic heterocycles. The Labute approximate surface area is 142 Å². The standard InChI is InChI=1S/C18H24N2O4/c1-3-12-7-6-8-13(11-12)19-16(21)17(22)20-15-10-5-4-9-14(15)18(23)24-2/h4-5,9-10,12-13H,3,6-8,11H2,1-2H3,(H,19,21)(H,20,22)/t12-,13+/m0/s1. The maximum absolute atomic E-state index is 12.1. The van der Waals surface area contributed by atoms with Gasteiger partial charge in [0.1, 0.15) is 0 Å². The van der Waals surface area contributed by atoms with E-state index in [9.17, 15) is 14.4 Å². The summed E-state index contributed by atoms with van der Waals surface area (Å²) >= 11 is 0. The Hall–Kier alpha value is -2.37. The smallest absolute Gasteiger partial charge is 0.339 e. The minimum absolute atomic E-state index is 0.0396. The van der Waals surface area contributed by atoms with Crippen LogP contribution in [0.4, 0.5) is 5.69 Å². The van der Waals surface area contributed by atoms with Crippen LogP contribution in [0.25, 0.3) is 0 Å². The van der Waals surface area contributed by atoms with E-state index in [0.29, 0.717) is 5.92 Å². The first kappa shape index (κ1) is 18.0. The van der Waals surface area contributed by atoms with E-state index in [1.807, 2.05) is 0 Å². The Kier molecular flexibility index (Phi) is 6.35. The number of carbonyl (C=O) groups excluding carboxylic acids is 3. The largest absolute Gasteiger partial charge is 0.465 e. The highest BCUT2D eigenvalue weighted by Crippen LogP contribution is 2.26. The highest BCUT2D eigenvalue weighted by Gasteiger charge is 2.25. The molecule has 0 aliphatic heterocycles. The van der Waals surface area contributed by atoms with Gasteiger partial charge in [-0.15, -0.1) is 0 Å². The number of benzene rings is 1. The van der Waals surface area contributed by atoms with Gasteiger partial charge in [0.2, 0.25) is 0 Å². The monoisotopic (exact) mass is 332 g/mol. The van der Waals surface area contributed by atoms with Gasteiger partial charge < -0.3 is 15.4 Å². The lowest BCUT2D eigenvalue weighted by Gasteiger charge is -2.28. The normalized spacial score (nSPS) is 20.1. The van der Waals surface area contributed by atoms with Crippen LogP contribution in [0.3, 0.4) is 0 Å². The van der Waals surface area contributed by atoms with Crippen molar-refractivity contribution in [2.45, 2.75) is 45.1 Å². The molecular weight excluding hydrogens is 308 g/mol. The fourth-order valence-electron chi connectivity index (χ4n) is 3.10. The summed E-state index contributed by atoms with van der Waals surface area (Å²) in [6.07, 6.45) is 5.14. The van der Waals surface area contributed by atoms with E-state index in [2.05, 4.69) is 22.3 Å². The number of hydrogen-bond donors (Lipinski definition) is 2. The van der Waals surface area contributed by atoms with Crippen LogP contribution in [0.5, 0.6) is 0 Å². The van der Waals surface area contributed by atoms with Gasteiger partial charge >= 0.3 is 17.8 Å². The topological polar surface area (TPSA) is 84.5 Å². The quantitative estimate of drug-likeness (QED) is 0.655. The molecule has 1 fully saturated rings. The second kappa shape index (κ2) is 8.47. The van der Waals surface area contributed by atoms with Crippen molar-refractivity contribution in [2.24, 2.45) is 5.92 Å². The molecule has 1 aliphatic carbocycles. The molecule has 2 N–H and O–H groups in total. The lowest BCUT2D eigenvalue weighted by atomic mass is 9.84. The van der Waals surface area contributed by atoms with E-state index < -0.39 is 17.8 Å². The molecule has 1 aromatic rings. The van der Waals surface area contributed by atoms with Crippen molar-refractivity contribution in [3.63, 3.8) is 0 Å². The summed E-state index contributed by atoms with van der Waals surface area (Å²) in [5.74, 6) is -1.40. The van der Waals surface area contributed by atoms with Crippen LogP contribution in [0.1, 0.15) is 49.4 Å². The van der Waals surface area contributed by atoms with Crippen LogP contribution >= 0.6 is 0 Å². The summed E-state index contributed by atoms with van der Waals surface area (Å²) in [7, 11) is 1.26. The van der Waals surface area contributed by atoms with Gasteiger partial charge in [0, 0.05) is 6.04 Å². The predicted molar refractivity (Wildman–Crippen MR) is 90.6 cm³/mol. The van der Waals surface area contributed by atoms with E-state index in [4.69, 9.17) is 0 Å². The molecular formula is C18H24N2O4. The Morgan fingerprint density at radius 2 is 1.92 bits per heavy atom. The molecule has 130 valence electrons. The number of para-hydroxylation sites is 1. The lowest BCUT2D eigenvalue weighted by Crippen LogP contribution is -2.44. The Balaban J connectivity index is 1.97. The lowest BCUT2D eigenvalue weighted by molar-refractivity contribution is -0.136. The second-order valence-electron chi connectivity index (χ2n) is 6.10. The zero-order valence-electron chi connectivity index (χ0n) is 14.1. The molecule has 0 heterocycles. The van der Waals surface area contributed by atoms with Crippen LogP contribution in [-0.2, 0) is 14.3 Å². The van der Waals surface area contributed by atoms with Gasteiger partial charge in [-0.25, -0.2) is 4.79 Å². The molecule has 6 heteroatoms. The van der Waals surface area contributed by atoms with Crippen molar-refractivity contribution in [1.29, 1.82) is 0 Å². The van der Waals surface area contributed by atoms with Gasteiger partial charge in [0.25, 0.3) is 0 Å². The predicted octanol–water partition coefficient (Wildman–Crippen LogP) is 2.50. The summed E-state index contributed by atoms with van der Waals surface area (Å²) in [5, 5.41) is 5.29. The van der Waals surface area contributed by atoms with Gasteiger partial charge in [-0.2, -0.15) is 0 Å². The highest BCUT2D eigenvalue weighted by molar-refractivity contribution is 6.40. The first-order valence-corrected chi connectivity index (χ1v) is 8.34. The maximum Gasteiger partial charge on any atom is 0.339 e. The number of amides is 2. The van der Waals surface area contributed by atoms with Crippen molar-refractivity contribution in [3.8, 4) is 0 Å². The third-order valence-corrected chi connectivity index (χ3v) is 4.48. The SMILES string of the molecule is CC[C@H]1CCC[C@@H](NC(=O)C(=O)Nc2ccccc2C(=O)OC)C1. The van der Waals surface area contributed by atoms with Crippen molar-refractivity contribution >= 4 is 23.5 Å². The minimum atomic E-state index is -0.773. The van der Waals surface area contributed by atoms with Gasteiger partial charge in [0.05, 0.1) is 18.4 Å². The van der Waals surface area contributed by atoms with E-state index >= 15 is 0 Å². The fraction of sp³-hybridized carbons (Fsp3) is 0.500. The molecule has 24 heavy (non-hydrogen) atoms. The number of methoxy groups -OCH3 is 1. The Bertz CT molecular complexity index is 615. The van der Waals surface area contributed by atoms with E-state index in [1.54, 1.807) is 18.2 Å². The van der Waals surface area contributed by atoms with Gasteiger partial charge in [-0.05, 0) is 30.9 Å². The third-order valence-electron chi connectivity index (χ3n) is 4.48. The molecule has 0 radical (unpaired) electrons. The van der Waals surface area contributed by atoms with E-state index in [1.165, 1.54) is 19.6 Å². The van der Waals surface area contributed by atoms with Gasteiger partial charge in [-0.1, -0.05) is 38.3 Å². The van der Waals surface area contributed by atoms with Crippen LogP contribution < -0.4 is 10.6 Å². The number of carbonyl (C=O) groups is 3. The molecule has 1 saturated carbocycles. The van der Waals surface area contributed by atoms with Crippen molar-refractivity contribution in [1.82, 2.24) is 5.32 Å². The van der Waals surface area contributed by atoms with E-state index in [0.717, 1.165) is 25.7 Å². The minimum Gasteiger partial charge on any atom is -0.465 e. The molecule has 0 spiro atoms. The Morgan fingerprint density at radius 3 is 2.62 bits per heavy atom. The van der Waals surface area contributed by atoms with Crippen molar-refractivity contribution in [2.75, 3.05) is 12.4 Å². The second-order valence-corrected chi connectivity index (χ2v) is 6.10. The molecule has 6 nitrogen and oxygen atoms in total. The van der Waals surface area contributed by atoms with E-state index in [-0.39, 0.29) is 17.3 Å². The maximum atomic E-state index is 12.1. The van der Waals surface area contributed by atoms with Crippen LogP contribution in [-0.4, -0.2) is 30.9 Å². The zero-order valence-corrected chi connectivity index (χ0v) is 14.1. The summed E-state index contributed by atoms with van der Waals surface area (Å²) < 4.78 is 4.67. The first-order valence-electron chi connectivity index (χ1n) is 8.34. The summed E-state index contributed by atoms with van der Waals surface area (Å²) in [6, 6.07) is 6.47. The number of esters is 1. The first-order chi connectivity index (χ1) is 11.5. The summed E-state index contributed by atoms with van der Waals surface area (Å²) in [5.41, 5.74) is 0.476. The molecule has 2 atom stereocenters. The number of hydrogen-bond acceptors (Lipinski definition) is 4. The van der Waals surface area contributed by atoms with Gasteiger partial charge in [-0.3, -0.25) is 9.59 Å². The molecule has 2 amide bonds. The molecule has 2 rings (SSSR count). The summed E-state index contributed by atoms with van der Waals surface area (Å²) in [4.78, 5) is 35.9. The number of rotatable bonds is 4. The third kappa shape index (κ3) is 4.57. The zero-order chi connectivity index (χ0) is 17.5. The molecule has 1 aliphatic rings. The molecule has 1 aromatic carbocycles. The molecule has 0 bridgehead atoms. The van der Waals surface area contributed by atoms with Crippen molar-refractivity contribution in [3.05, 3.63) is 29.8 Å². The number of ether oxygens (including phenoxy) is 1.